The lowest BCUT2D eigenvalue weighted by atomic mass is 10.3. The van der Waals surface area contributed by atoms with Crippen molar-refractivity contribution < 1.29 is 19.4 Å². The van der Waals surface area contributed by atoms with Gasteiger partial charge < -0.3 is 15.6 Å². The van der Waals surface area contributed by atoms with Crippen LogP contribution in [-0.4, -0.2) is 29.7 Å². The van der Waals surface area contributed by atoms with Gasteiger partial charge in [-0.2, -0.15) is 0 Å². The summed E-state index contributed by atoms with van der Waals surface area (Å²) >= 11 is 0. The van der Waals surface area contributed by atoms with E-state index in [1.807, 2.05) is 0 Å². The van der Waals surface area contributed by atoms with Gasteiger partial charge in [0.15, 0.2) is 0 Å². The second kappa shape index (κ2) is 4.50. The molecule has 0 aliphatic carbocycles. The van der Waals surface area contributed by atoms with Gasteiger partial charge in [-0.3, -0.25) is 4.79 Å². The molecule has 0 aromatic rings. The first-order chi connectivity index (χ1) is 5.45. The number of carbonyl (C=O) groups is 2. The highest BCUT2D eigenvalue weighted by atomic mass is 16.5. The molecule has 0 unspecified atom stereocenters. The molecule has 0 saturated heterocycles. The summed E-state index contributed by atoms with van der Waals surface area (Å²) in [6, 6.07) is -1.17. The van der Waals surface area contributed by atoms with E-state index in [9.17, 15) is 9.59 Å². The summed E-state index contributed by atoms with van der Waals surface area (Å²) in [4.78, 5) is 20.8. The molecule has 0 saturated carbocycles. The highest BCUT2D eigenvalue weighted by molar-refractivity contribution is 5.87. The van der Waals surface area contributed by atoms with E-state index in [-0.39, 0.29) is 12.2 Å². The van der Waals surface area contributed by atoms with Crippen LogP contribution in [-0.2, 0) is 14.3 Å². The third kappa shape index (κ3) is 3.72. The van der Waals surface area contributed by atoms with E-state index in [0.717, 1.165) is 0 Å². The van der Waals surface area contributed by atoms with E-state index in [1.165, 1.54) is 6.92 Å². The van der Waals surface area contributed by atoms with E-state index < -0.39 is 18.0 Å². The Bertz CT molecular complexity index is 211. The minimum absolute atomic E-state index is 0.215. The van der Waals surface area contributed by atoms with Gasteiger partial charge in [0.25, 0.3) is 0 Å². The van der Waals surface area contributed by atoms with Crippen molar-refractivity contribution in [2.75, 3.05) is 6.61 Å². The highest BCUT2D eigenvalue weighted by Crippen LogP contribution is 1.92. The summed E-state index contributed by atoms with van der Waals surface area (Å²) in [5.74, 6) is -1.84. The minimum atomic E-state index is -1.20. The summed E-state index contributed by atoms with van der Waals surface area (Å²) in [6.07, 6.45) is 0. The summed E-state index contributed by atoms with van der Waals surface area (Å²) in [5.41, 5.74) is 5.27. The van der Waals surface area contributed by atoms with Gasteiger partial charge in [-0.25, -0.2) is 4.79 Å². The Morgan fingerprint density at radius 1 is 1.67 bits per heavy atom. The number of aliphatic carboxylic acids is 1. The maximum Gasteiger partial charge on any atom is 0.333 e. The van der Waals surface area contributed by atoms with Crippen LogP contribution in [0.3, 0.4) is 0 Å². The average Bonchev–Trinajstić information content (AvgIpc) is 1.98. The van der Waals surface area contributed by atoms with Crippen LogP contribution in [0.4, 0.5) is 0 Å². The quantitative estimate of drug-likeness (QED) is 0.442. The number of esters is 1. The molecule has 0 aromatic heterocycles. The van der Waals surface area contributed by atoms with Crippen LogP contribution in [0.15, 0.2) is 12.2 Å². The molecule has 0 spiro atoms. The molecule has 0 rings (SSSR count). The molecule has 0 bridgehead atoms. The monoisotopic (exact) mass is 173 g/mol. The van der Waals surface area contributed by atoms with Crippen molar-refractivity contribution in [2.45, 2.75) is 13.0 Å². The number of carboxylic acids is 1. The molecule has 68 valence electrons. The Labute approximate surface area is 69.8 Å². The maximum absolute atomic E-state index is 10.7. The Balaban J connectivity index is 3.76. The minimum Gasteiger partial charge on any atom is -0.480 e. The first-order valence-corrected chi connectivity index (χ1v) is 3.26. The van der Waals surface area contributed by atoms with E-state index in [2.05, 4.69) is 11.3 Å². The Morgan fingerprint density at radius 2 is 2.17 bits per heavy atom. The molecular weight excluding hydrogens is 162 g/mol. The lowest BCUT2D eigenvalue weighted by Crippen LogP contribution is -2.35. The molecule has 0 fully saturated rings. The third-order valence-corrected chi connectivity index (χ3v) is 1.06. The van der Waals surface area contributed by atoms with Gasteiger partial charge in [0, 0.05) is 5.57 Å². The fourth-order valence-electron chi connectivity index (χ4n) is 0.360. The molecule has 0 aliphatic rings. The fourth-order valence-corrected chi connectivity index (χ4v) is 0.360. The van der Waals surface area contributed by atoms with Crippen molar-refractivity contribution in [3.05, 3.63) is 12.2 Å². The largest absolute Gasteiger partial charge is 0.480 e. The smallest absolute Gasteiger partial charge is 0.333 e. The van der Waals surface area contributed by atoms with Gasteiger partial charge in [-0.1, -0.05) is 6.58 Å². The number of ether oxygens (including phenoxy) is 1. The molecule has 0 aliphatic heterocycles. The Hall–Kier alpha value is -1.36. The molecule has 3 N–H and O–H groups in total. The van der Waals surface area contributed by atoms with E-state index in [0.29, 0.717) is 0 Å². The van der Waals surface area contributed by atoms with Gasteiger partial charge in [-0.05, 0) is 6.92 Å². The summed E-state index contributed by atoms with van der Waals surface area (Å²) in [5, 5.41) is 8.29. The second-order valence-corrected chi connectivity index (χ2v) is 2.32. The molecular formula is C7H11NO4. The summed E-state index contributed by atoms with van der Waals surface area (Å²) < 4.78 is 4.48. The first kappa shape index (κ1) is 10.6. The first-order valence-electron chi connectivity index (χ1n) is 3.26. The molecule has 1 atom stereocenters. The molecule has 5 heteroatoms. The van der Waals surface area contributed by atoms with Gasteiger partial charge in [0.1, 0.15) is 12.6 Å². The average molecular weight is 173 g/mol. The molecule has 0 radical (unpaired) electrons. The predicted octanol–water partition coefficient (Wildman–Crippen LogP) is -0.482. The Morgan fingerprint density at radius 3 is 2.50 bits per heavy atom. The van der Waals surface area contributed by atoms with Crippen molar-refractivity contribution in [3.63, 3.8) is 0 Å². The van der Waals surface area contributed by atoms with Crippen LogP contribution in [0, 0.1) is 0 Å². The van der Waals surface area contributed by atoms with Gasteiger partial charge in [0.05, 0.1) is 0 Å². The molecule has 0 aromatic carbocycles. The third-order valence-electron chi connectivity index (χ3n) is 1.06. The summed E-state index contributed by atoms with van der Waals surface area (Å²) in [6.45, 7) is 4.45. The van der Waals surface area contributed by atoms with Crippen LogP contribution in [0.1, 0.15) is 6.92 Å². The van der Waals surface area contributed by atoms with Crippen LogP contribution in [0.5, 0.6) is 0 Å². The SMILES string of the molecule is C=C(C)C(=O)OC[C@H](N)C(=O)O. The highest BCUT2D eigenvalue weighted by Gasteiger charge is 2.13. The van der Waals surface area contributed by atoms with Crippen molar-refractivity contribution in [3.8, 4) is 0 Å². The van der Waals surface area contributed by atoms with E-state index in [4.69, 9.17) is 10.8 Å². The van der Waals surface area contributed by atoms with Crippen molar-refractivity contribution in [1.82, 2.24) is 0 Å². The topological polar surface area (TPSA) is 89.6 Å². The van der Waals surface area contributed by atoms with Gasteiger partial charge >= 0.3 is 11.9 Å². The zero-order valence-electron chi connectivity index (χ0n) is 6.74. The molecule has 5 nitrogen and oxygen atoms in total. The fraction of sp³-hybridized carbons (Fsp3) is 0.429. The van der Waals surface area contributed by atoms with Gasteiger partial charge in [0.2, 0.25) is 0 Å². The van der Waals surface area contributed by atoms with Crippen molar-refractivity contribution in [1.29, 1.82) is 0 Å². The number of nitrogens with two attached hydrogens (primary N) is 1. The lowest BCUT2D eigenvalue weighted by molar-refractivity contribution is -0.144. The van der Waals surface area contributed by atoms with Crippen molar-refractivity contribution >= 4 is 11.9 Å². The normalized spacial score (nSPS) is 11.8. The predicted molar refractivity (Wildman–Crippen MR) is 41.4 cm³/mol. The second-order valence-electron chi connectivity index (χ2n) is 2.32. The number of carboxylic acid groups (broad SMARTS) is 1. The number of rotatable bonds is 4. The zero-order chi connectivity index (χ0) is 9.72. The van der Waals surface area contributed by atoms with E-state index >= 15 is 0 Å². The maximum atomic E-state index is 10.7. The number of hydrogen-bond donors (Lipinski definition) is 2. The molecule has 0 amide bonds. The van der Waals surface area contributed by atoms with E-state index in [1.54, 1.807) is 0 Å². The Kier molecular flexibility index (Phi) is 3.99. The van der Waals surface area contributed by atoms with Crippen molar-refractivity contribution in [2.24, 2.45) is 5.73 Å². The zero-order valence-corrected chi connectivity index (χ0v) is 6.74. The molecule has 0 heterocycles. The molecule has 12 heavy (non-hydrogen) atoms. The van der Waals surface area contributed by atoms with Crippen LogP contribution >= 0.6 is 0 Å². The van der Waals surface area contributed by atoms with Gasteiger partial charge in [-0.15, -0.1) is 0 Å². The van der Waals surface area contributed by atoms with Crippen LogP contribution in [0.2, 0.25) is 0 Å². The van der Waals surface area contributed by atoms with Crippen LogP contribution in [0.25, 0.3) is 0 Å². The number of carbonyl (C=O) groups excluding carboxylic acids is 1. The standard InChI is InChI=1S/C7H11NO4/c1-4(2)7(11)12-3-5(8)6(9)10/h5H,1,3,8H2,2H3,(H,9,10)/t5-/m0/s1. The lowest BCUT2D eigenvalue weighted by Gasteiger charge is -2.06. The van der Waals surface area contributed by atoms with Crippen LogP contribution < -0.4 is 5.73 Å². The number of hydrogen-bond acceptors (Lipinski definition) is 4. The summed E-state index contributed by atoms with van der Waals surface area (Å²) in [7, 11) is 0.